The Morgan fingerprint density at radius 2 is 1.76 bits per heavy atom. The molecule has 2 aromatic carbocycles. The molecule has 0 saturated carbocycles. The molecular weight excluding hydrogens is 260 g/mol. The fourth-order valence-corrected chi connectivity index (χ4v) is 2.36. The molecule has 106 valence electrons. The van der Waals surface area contributed by atoms with Crippen molar-refractivity contribution in [2.75, 3.05) is 13.7 Å². The number of fused-ring (bicyclic) bond motifs is 1. The molecule has 0 radical (unpaired) electrons. The average molecular weight is 278 g/mol. The third-order valence-electron chi connectivity index (χ3n) is 3.43. The molecule has 3 nitrogen and oxygen atoms in total. The molecule has 3 heteroatoms. The molecule has 3 aromatic rings. The largest absolute Gasteiger partial charge is 0.383 e. The molecule has 1 aromatic heterocycles. The van der Waals surface area contributed by atoms with Gasteiger partial charge in [0.25, 0.3) is 0 Å². The zero-order valence-corrected chi connectivity index (χ0v) is 12.1. The summed E-state index contributed by atoms with van der Waals surface area (Å²) in [6, 6.07) is 18.5. The quantitative estimate of drug-likeness (QED) is 0.708. The molecule has 0 N–H and O–H groups in total. The lowest BCUT2D eigenvalue weighted by molar-refractivity contribution is 0.185. The van der Waals surface area contributed by atoms with Gasteiger partial charge in [-0.05, 0) is 17.7 Å². The Morgan fingerprint density at radius 1 is 1.00 bits per heavy atom. The maximum Gasteiger partial charge on any atom is 0.0929 e. The highest BCUT2D eigenvalue weighted by atomic mass is 16.5. The Balaban J connectivity index is 1.96. The van der Waals surface area contributed by atoms with Crippen molar-refractivity contribution in [1.82, 2.24) is 9.78 Å². The molecule has 1 heterocycles. The molecular formula is C18H18N2O. The van der Waals surface area contributed by atoms with E-state index in [4.69, 9.17) is 9.84 Å². The van der Waals surface area contributed by atoms with Crippen molar-refractivity contribution in [3.8, 4) is 0 Å². The van der Waals surface area contributed by atoms with E-state index < -0.39 is 0 Å². The Hall–Kier alpha value is -2.39. The number of para-hydroxylation sites is 1. The highest BCUT2D eigenvalue weighted by Gasteiger charge is 2.07. The van der Waals surface area contributed by atoms with E-state index in [-0.39, 0.29) is 0 Å². The maximum atomic E-state index is 5.15. The van der Waals surface area contributed by atoms with Crippen LogP contribution < -0.4 is 0 Å². The van der Waals surface area contributed by atoms with Crippen LogP contribution in [0, 0.1) is 0 Å². The SMILES string of the molecule is COCCn1nc(/C=C/c2ccccc2)c2ccccc21. The highest BCUT2D eigenvalue weighted by molar-refractivity contribution is 5.89. The summed E-state index contributed by atoms with van der Waals surface area (Å²) in [6.07, 6.45) is 4.16. The van der Waals surface area contributed by atoms with Gasteiger partial charge < -0.3 is 4.74 Å². The van der Waals surface area contributed by atoms with E-state index in [1.54, 1.807) is 7.11 Å². The van der Waals surface area contributed by atoms with E-state index in [2.05, 4.69) is 36.4 Å². The lowest BCUT2D eigenvalue weighted by atomic mass is 10.1. The maximum absolute atomic E-state index is 5.15. The van der Waals surface area contributed by atoms with Gasteiger partial charge in [0.1, 0.15) is 0 Å². The predicted octanol–water partition coefficient (Wildman–Crippen LogP) is 3.85. The zero-order valence-electron chi connectivity index (χ0n) is 12.1. The van der Waals surface area contributed by atoms with E-state index in [1.165, 1.54) is 10.9 Å². The van der Waals surface area contributed by atoms with Crippen molar-refractivity contribution in [1.29, 1.82) is 0 Å². The normalized spacial score (nSPS) is 11.5. The molecule has 21 heavy (non-hydrogen) atoms. The Labute approximate surface area is 124 Å². The molecule has 0 aliphatic heterocycles. The molecule has 0 amide bonds. The Morgan fingerprint density at radius 3 is 2.57 bits per heavy atom. The first-order valence-electron chi connectivity index (χ1n) is 7.06. The van der Waals surface area contributed by atoms with Gasteiger partial charge in [-0.25, -0.2) is 0 Å². The molecule has 0 bridgehead atoms. The molecule has 3 rings (SSSR count). The summed E-state index contributed by atoms with van der Waals surface area (Å²) in [5.41, 5.74) is 3.31. The fraction of sp³-hybridized carbons (Fsp3) is 0.167. The Kier molecular flexibility index (Phi) is 4.12. The van der Waals surface area contributed by atoms with E-state index in [1.807, 2.05) is 35.0 Å². The van der Waals surface area contributed by atoms with Gasteiger partial charge in [-0.3, -0.25) is 4.68 Å². The molecule has 0 spiro atoms. The first-order chi connectivity index (χ1) is 10.4. The van der Waals surface area contributed by atoms with Crippen LogP contribution in [0.1, 0.15) is 11.3 Å². The van der Waals surface area contributed by atoms with E-state index in [9.17, 15) is 0 Å². The monoisotopic (exact) mass is 278 g/mol. The number of hydrogen-bond acceptors (Lipinski definition) is 2. The number of hydrogen-bond donors (Lipinski definition) is 0. The van der Waals surface area contributed by atoms with Crippen molar-refractivity contribution in [3.63, 3.8) is 0 Å². The number of methoxy groups -OCH3 is 1. The lowest BCUT2D eigenvalue weighted by Gasteiger charge is -2.01. The van der Waals surface area contributed by atoms with Gasteiger partial charge >= 0.3 is 0 Å². The second-order valence-corrected chi connectivity index (χ2v) is 4.86. The molecule has 0 atom stereocenters. The summed E-state index contributed by atoms with van der Waals surface area (Å²) >= 11 is 0. The third-order valence-corrected chi connectivity index (χ3v) is 3.43. The summed E-state index contributed by atoms with van der Waals surface area (Å²) in [4.78, 5) is 0. The summed E-state index contributed by atoms with van der Waals surface area (Å²) in [5.74, 6) is 0. The van der Waals surface area contributed by atoms with Gasteiger partial charge in [-0.15, -0.1) is 0 Å². The van der Waals surface area contributed by atoms with E-state index in [0.717, 1.165) is 17.8 Å². The summed E-state index contributed by atoms with van der Waals surface area (Å²) < 4.78 is 7.16. The van der Waals surface area contributed by atoms with Crippen molar-refractivity contribution in [2.45, 2.75) is 6.54 Å². The van der Waals surface area contributed by atoms with Crippen LogP contribution in [0.5, 0.6) is 0 Å². The zero-order chi connectivity index (χ0) is 14.5. The lowest BCUT2D eigenvalue weighted by Crippen LogP contribution is -2.05. The van der Waals surface area contributed by atoms with Crippen LogP contribution in [0.4, 0.5) is 0 Å². The van der Waals surface area contributed by atoms with Crippen LogP contribution in [-0.2, 0) is 11.3 Å². The summed E-state index contributed by atoms with van der Waals surface area (Å²) in [5, 5.41) is 5.86. The standard InChI is InChI=1S/C18H18N2O/c1-21-14-13-20-18-10-6-5-9-16(18)17(19-20)12-11-15-7-3-2-4-8-15/h2-12H,13-14H2,1H3/b12-11+. The molecule has 0 aliphatic carbocycles. The van der Waals surface area contributed by atoms with E-state index in [0.29, 0.717) is 6.61 Å². The van der Waals surface area contributed by atoms with Crippen molar-refractivity contribution in [2.24, 2.45) is 0 Å². The second kappa shape index (κ2) is 6.37. The highest BCUT2D eigenvalue weighted by Crippen LogP contribution is 2.20. The number of benzene rings is 2. The molecule has 0 aliphatic rings. The summed E-state index contributed by atoms with van der Waals surface area (Å²) in [6.45, 7) is 1.42. The van der Waals surface area contributed by atoms with Gasteiger partial charge in [-0.2, -0.15) is 5.10 Å². The molecule has 0 saturated heterocycles. The van der Waals surface area contributed by atoms with E-state index >= 15 is 0 Å². The van der Waals surface area contributed by atoms with Crippen molar-refractivity contribution in [3.05, 3.63) is 65.9 Å². The topological polar surface area (TPSA) is 27.1 Å². The molecule has 0 unspecified atom stereocenters. The van der Waals surface area contributed by atoms with Crippen LogP contribution in [-0.4, -0.2) is 23.5 Å². The molecule has 0 fully saturated rings. The first kappa shape index (κ1) is 13.6. The van der Waals surface area contributed by atoms with Crippen LogP contribution in [0.15, 0.2) is 54.6 Å². The third kappa shape index (κ3) is 3.03. The van der Waals surface area contributed by atoms with Gasteiger partial charge in [0.15, 0.2) is 0 Å². The smallest absolute Gasteiger partial charge is 0.0929 e. The van der Waals surface area contributed by atoms with Gasteiger partial charge in [0, 0.05) is 12.5 Å². The second-order valence-electron chi connectivity index (χ2n) is 4.86. The van der Waals surface area contributed by atoms with Crippen LogP contribution in [0.25, 0.3) is 23.1 Å². The minimum Gasteiger partial charge on any atom is -0.383 e. The number of rotatable bonds is 5. The van der Waals surface area contributed by atoms with Crippen molar-refractivity contribution >= 4 is 23.1 Å². The van der Waals surface area contributed by atoms with Crippen LogP contribution in [0.3, 0.4) is 0 Å². The minimum atomic E-state index is 0.660. The van der Waals surface area contributed by atoms with Gasteiger partial charge in [0.05, 0.1) is 24.4 Å². The number of ether oxygens (including phenoxy) is 1. The average Bonchev–Trinajstić information content (AvgIpc) is 2.90. The minimum absolute atomic E-state index is 0.660. The summed E-state index contributed by atoms with van der Waals surface area (Å²) in [7, 11) is 1.71. The number of aromatic nitrogens is 2. The first-order valence-corrected chi connectivity index (χ1v) is 7.06. The van der Waals surface area contributed by atoms with Crippen molar-refractivity contribution < 1.29 is 4.74 Å². The van der Waals surface area contributed by atoms with Crippen LogP contribution in [0.2, 0.25) is 0 Å². The van der Waals surface area contributed by atoms with Crippen LogP contribution >= 0.6 is 0 Å². The van der Waals surface area contributed by atoms with Gasteiger partial charge in [0.2, 0.25) is 0 Å². The van der Waals surface area contributed by atoms with Gasteiger partial charge in [-0.1, -0.05) is 54.6 Å². The number of nitrogens with zero attached hydrogens (tertiary/aromatic N) is 2. The predicted molar refractivity (Wildman–Crippen MR) is 87.0 cm³/mol. The Bertz CT molecular complexity index is 744. The fourth-order valence-electron chi connectivity index (χ4n) is 2.36.